The number of hydrogen-bond donors (Lipinski definition) is 0. The van der Waals surface area contributed by atoms with Crippen molar-refractivity contribution in [2.24, 2.45) is 0 Å². The van der Waals surface area contributed by atoms with Gasteiger partial charge in [-0.2, -0.15) is 5.10 Å². The molecule has 0 spiro atoms. The van der Waals surface area contributed by atoms with E-state index in [0.29, 0.717) is 23.6 Å². The van der Waals surface area contributed by atoms with Crippen LogP contribution in [0.25, 0.3) is 11.3 Å². The Morgan fingerprint density at radius 2 is 1.96 bits per heavy atom. The quantitative estimate of drug-likeness (QED) is 0.681. The number of methoxy groups -OCH3 is 1. The summed E-state index contributed by atoms with van der Waals surface area (Å²) in [6.07, 6.45) is 0. The maximum absolute atomic E-state index is 13.4. The van der Waals surface area contributed by atoms with Crippen LogP contribution >= 0.6 is 15.9 Å². The molecule has 0 unspecified atom stereocenters. The van der Waals surface area contributed by atoms with Gasteiger partial charge in [0.05, 0.1) is 19.3 Å². The molecule has 0 radical (unpaired) electrons. The van der Waals surface area contributed by atoms with Gasteiger partial charge >= 0.3 is 0 Å². The number of aromatic nitrogens is 2. The fourth-order valence-electron chi connectivity index (χ4n) is 2.37. The smallest absolute Gasteiger partial charge is 0.267 e. The van der Waals surface area contributed by atoms with E-state index in [0.717, 1.165) is 10.0 Å². The lowest BCUT2D eigenvalue weighted by molar-refractivity contribution is 0.412. The van der Waals surface area contributed by atoms with Crippen LogP contribution in [0.5, 0.6) is 5.75 Å². The van der Waals surface area contributed by atoms with Crippen LogP contribution in [-0.2, 0) is 6.54 Å². The van der Waals surface area contributed by atoms with E-state index in [4.69, 9.17) is 4.74 Å². The van der Waals surface area contributed by atoms with Gasteiger partial charge in [-0.3, -0.25) is 4.79 Å². The molecule has 1 aromatic heterocycles. The molecule has 24 heavy (non-hydrogen) atoms. The van der Waals surface area contributed by atoms with Gasteiger partial charge in [0.1, 0.15) is 11.6 Å². The minimum Gasteiger partial charge on any atom is -0.496 e. The standard InChI is InChI=1S/C18H14BrFN2O2/c1-24-17-10-13(20)6-7-14(17)16-8-9-18(23)22(21-16)11-12-4-2-3-5-15(12)19/h2-10H,11H2,1H3. The summed E-state index contributed by atoms with van der Waals surface area (Å²) >= 11 is 3.47. The van der Waals surface area contributed by atoms with E-state index in [1.54, 1.807) is 12.1 Å². The third-order valence-electron chi connectivity index (χ3n) is 3.58. The van der Waals surface area contributed by atoms with Gasteiger partial charge in [-0.05, 0) is 29.8 Å². The molecule has 0 saturated heterocycles. The summed E-state index contributed by atoms with van der Waals surface area (Å²) in [6.45, 7) is 0.331. The molecule has 1 heterocycles. The first-order valence-electron chi connectivity index (χ1n) is 7.24. The molecule has 122 valence electrons. The first-order valence-corrected chi connectivity index (χ1v) is 8.03. The second kappa shape index (κ2) is 6.97. The highest BCUT2D eigenvalue weighted by Gasteiger charge is 2.11. The Labute approximate surface area is 146 Å². The summed E-state index contributed by atoms with van der Waals surface area (Å²) < 4.78 is 20.9. The lowest BCUT2D eigenvalue weighted by Crippen LogP contribution is -2.23. The van der Waals surface area contributed by atoms with Crippen molar-refractivity contribution in [1.29, 1.82) is 0 Å². The highest BCUT2D eigenvalue weighted by Crippen LogP contribution is 2.28. The van der Waals surface area contributed by atoms with Gasteiger partial charge in [0.25, 0.3) is 5.56 Å². The van der Waals surface area contributed by atoms with Crippen molar-refractivity contribution in [1.82, 2.24) is 9.78 Å². The van der Waals surface area contributed by atoms with Crippen LogP contribution < -0.4 is 10.3 Å². The number of hydrogen-bond acceptors (Lipinski definition) is 3. The molecule has 2 aromatic carbocycles. The van der Waals surface area contributed by atoms with E-state index in [1.165, 1.54) is 30.0 Å². The highest BCUT2D eigenvalue weighted by atomic mass is 79.9. The fourth-order valence-corrected chi connectivity index (χ4v) is 2.78. The van der Waals surface area contributed by atoms with Gasteiger partial charge in [-0.15, -0.1) is 0 Å². The third-order valence-corrected chi connectivity index (χ3v) is 4.36. The summed E-state index contributed by atoms with van der Waals surface area (Å²) in [7, 11) is 1.47. The SMILES string of the molecule is COc1cc(F)ccc1-c1ccc(=O)n(Cc2ccccc2Br)n1. The molecular weight excluding hydrogens is 375 g/mol. The first kappa shape index (κ1) is 16.4. The molecule has 0 saturated carbocycles. The Morgan fingerprint density at radius 1 is 1.17 bits per heavy atom. The van der Waals surface area contributed by atoms with Crippen molar-refractivity contribution in [3.8, 4) is 17.0 Å². The minimum absolute atomic E-state index is 0.212. The lowest BCUT2D eigenvalue weighted by Gasteiger charge is -2.11. The molecule has 6 heteroatoms. The molecule has 0 aliphatic carbocycles. The van der Waals surface area contributed by atoms with Crippen LogP contribution in [0.2, 0.25) is 0 Å². The Hall–Kier alpha value is -2.47. The number of benzene rings is 2. The van der Waals surface area contributed by atoms with E-state index < -0.39 is 5.82 Å². The number of nitrogens with zero attached hydrogens (tertiary/aromatic N) is 2. The van der Waals surface area contributed by atoms with E-state index in [2.05, 4.69) is 21.0 Å². The van der Waals surface area contributed by atoms with Gasteiger partial charge in [-0.1, -0.05) is 34.1 Å². The van der Waals surface area contributed by atoms with Crippen LogP contribution in [0.15, 0.2) is 63.9 Å². The highest BCUT2D eigenvalue weighted by molar-refractivity contribution is 9.10. The van der Waals surface area contributed by atoms with Crippen LogP contribution in [0.4, 0.5) is 4.39 Å². The van der Waals surface area contributed by atoms with Crippen LogP contribution in [0.3, 0.4) is 0 Å². The number of ether oxygens (including phenoxy) is 1. The molecule has 0 N–H and O–H groups in total. The van der Waals surface area contributed by atoms with Crippen LogP contribution in [0.1, 0.15) is 5.56 Å². The summed E-state index contributed by atoms with van der Waals surface area (Å²) in [5.41, 5.74) is 1.89. The molecule has 4 nitrogen and oxygen atoms in total. The van der Waals surface area contributed by atoms with E-state index in [-0.39, 0.29) is 5.56 Å². The topological polar surface area (TPSA) is 44.1 Å². The van der Waals surface area contributed by atoms with Gasteiger partial charge in [-0.25, -0.2) is 9.07 Å². The molecule has 0 aliphatic heterocycles. The summed E-state index contributed by atoms with van der Waals surface area (Å²) in [5.74, 6) is -0.0225. The van der Waals surface area contributed by atoms with E-state index >= 15 is 0 Å². The summed E-state index contributed by atoms with van der Waals surface area (Å²) in [4.78, 5) is 12.1. The Bertz CT molecular complexity index is 940. The predicted molar refractivity (Wildman–Crippen MR) is 93.7 cm³/mol. The molecule has 0 bridgehead atoms. The molecular formula is C18H14BrFN2O2. The van der Waals surface area contributed by atoms with Crippen molar-refractivity contribution in [3.63, 3.8) is 0 Å². The van der Waals surface area contributed by atoms with Crippen molar-refractivity contribution in [3.05, 3.63) is 80.8 Å². The molecule has 0 fully saturated rings. The average molecular weight is 389 g/mol. The predicted octanol–water partition coefficient (Wildman–Crippen LogP) is 3.87. The lowest BCUT2D eigenvalue weighted by atomic mass is 10.1. The molecule has 0 aliphatic rings. The van der Waals surface area contributed by atoms with Crippen molar-refractivity contribution >= 4 is 15.9 Å². The second-order valence-corrected chi connectivity index (χ2v) is 6.00. The zero-order chi connectivity index (χ0) is 17.1. The van der Waals surface area contributed by atoms with Gasteiger partial charge in [0.15, 0.2) is 0 Å². The Morgan fingerprint density at radius 3 is 2.71 bits per heavy atom. The van der Waals surface area contributed by atoms with Crippen molar-refractivity contribution < 1.29 is 9.13 Å². The van der Waals surface area contributed by atoms with Crippen molar-refractivity contribution in [2.75, 3.05) is 7.11 Å². The van der Waals surface area contributed by atoms with Crippen molar-refractivity contribution in [2.45, 2.75) is 6.54 Å². The van der Waals surface area contributed by atoms with Crippen LogP contribution in [0, 0.1) is 5.82 Å². The minimum atomic E-state index is -0.392. The van der Waals surface area contributed by atoms with Gasteiger partial charge in [0.2, 0.25) is 0 Å². The normalized spacial score (nSPS) is 10.6. The third kappa shape index (κ3) is 3.38. The molecule has 3 rings (SSSR count). The molecule has 3 aromatic rings. The molecule has 0 atom stereocenters. The Balaban J connectivity index is 2.04. The average Bonchev–Trinajstić information content (AvgIpc) is 2.59. The largest absolute Gasteiger partial charge is 0.496 e. The van der Waals surface area contributed by atoms with E-state index in [9.17, 15) is 9.18 Å². The van der Waals surface area contributed by atoms with Gasteiger partial charge in [0, 0.05) is 22.2 Å². The zero-order valence-electron chi connectivity index (χ0n) is 12.9. The number of rotatable bonds is 4. The maximum Gasteiger partial charge on any atom is 0.267 e. The maximum atomic E-state index is 13.4. The van der Waals surface area contributed by atoms with Gasteiger partial charge < -0.3 is 4.74 Å². The zero-order valence-corrected chi connectivity index (χ0v) is 14.5. The summed E-state index contributed by atoms with van der Waals surface area (Å²) in [6, 6.07) is 14.9. The second-order valence-electron chi connectivity index (χ2n) is 5.15. The summed E-state index contributed by atoms with van der Waals surface area (Å²) in [5, 5.41) is 4.40. The fraction of sp³-hybridized carbons (Fsp3) is 0.111. The molecule has 0 amide bonds. The Kier molecular flexibility index (Phi) is 4.76. The van der Waals surface area contributed by atoms with E-state index in [1.807, 2.05) is 24.3 Å². The number of halogens is 2. The first-order chi connectivity index (χ1) is 11.6. The monoisotopic (exact) mass is 388 g/mol. The van der Waals surface area contributed by atoms with Crippen LogP contribution in [-0.4, -0.2) is 16.9 Å².